The van der Waals surface area contributed by atoms with Gasteiger partial charge in [-0.3, -0.25) is 4.79 Å². The maximum Gasteiger partial charge on any atom is 0.335 e. The van der Waals surface area contributed by atoms with Crippen LogP contribution < -0.4 is 0 Å². The molecule has 0 aliphatic rings. The number of amides is 1. The van der Waals surface area contributed by atoms with Crippen LogP contribution in [0.4, 0.5) is 0 Å². The summed E-state index contributed by atoms with van der Waals surface area (Å²) in [5.74, 6) is -0.707. The number of hydrogen-bond acceptors (Lipinski definition) is 2. The van der Waals surface area contributed by atoms with Crippen LogP contribution in [0, 0.1) is 6.92 Å². The Kier molecular flexibility index (Phi) is 5.74. The Labute approximate surface area is 142 Å². The lowest BCUT2D eigenvalue weighted by Gasteiger charge is -2.21. The molecular weight excluding hydrogens is 302 g/mol. The molecule has 0 fully saturated rings. The van der Waals surface area contributed by atoms with Crippen LogP contribution in [0.25, 0.3) is 0 Å². The van der Waals surface area contributed by atoms with Crippen LogP contribution in [0.5, 0.6) is 0 Å². The molecule has 4 nitrogen and oxygen atoms in total. The summed E-state index contributed by atoms with van der Waals surface area (Å²) in [4.78, 5) is 25.0. The molecule has 1 atom stereocenters. The van der Waals surface area contributed by atoms with Gasteiger partial charge in [0.2, 0.25) is 5.91 Å². The molecule has 0 saturated heterocycles. The van der Waals surface area contributed by atoms with E-state index < -0.39 is 5.97 Å². The number of aromatic carboxylic acids is 1. The first kappa shape index (κ1) is 17.7. The number of carboxylic acid groups (broad SMARTS) is 1. The van der Waals surface area contributed by atoms with E-state index in [9.17, 15) is 9.59 Å². The second-order valence-electron chi connectivity index (χ2n) is 6.21. The van der Waals surface area contributed by atoms with Crippen LogP contribution in [-0.4, -0.2) is 28.9 Å². The summed E-state index contributed by atoms with van der Waals surface area (Å²) in [6, 6.07) is 14.7. The highest BCUT2D eigenvalue weighted by Gasteiger charge is 2.16. The van der Waals surface area contributed by atoms with E-state index in [0.29, 0.717) is 13.0 Å². The smallest absolute Gasteiger partial charge is 0.335 e. The summed E-state index contributed by atoms with van der Waals surface area (Å²) in [6.45, 7) is 4.60. The van der Waals surface area contributed by atoms with Crippen LogP contribution in [0.15, 0.2) is 48.5 Å². The first-order chi connectivity index (χ1) is 11.4. The average molecular weight is 325 g/mol. The van der Waals surface area contributed by atoms with Crippen molar-refractivity contribution in [1.29, 1.82) is 0 Å². The fourth-order valence-electron chi connectivity index (χ4n) is 2.78. The quantitative estimate of drug-likeness (QED) is 0.878. The Morgan fingerprint density at radius 1 is 1.08 bits per heavy atom. The normalized spacial score (nSPS) is 11.8. The summed E-state index contributed by atoms with van der Waals surface area (Å²) in [5.41, 5.74) is 3.56. The Morgan fingerprint density at radius 3 is 2.29 bits per heavy atom. The third-order valence-corrected chi connectivity index (χ3v) is 4.25. The Morgan fingerprint density at radius 2 is 1.71 bits per heavy atom. The van der Waals surface area contributed by atoms with Gasteiger partial charge >= 0.3 is 5.97 Å². The number of carbonyl (C=O) groups is 2. The van der Waals surface area contributed by atoms with Gasteiger partial charge in [-0.15, -0.1) is 0 Å². The van der Waals surface area contributed by atoms with Gasteiger partial charge in [0.05, 0.1) is 5.56 Å². The summed E-state index contributed by atoms with van der Waals surface area (Å²) in [7, 11) is 1.78. The van der Waals surface area contributed by atoms with Crippen molar-refractivity contribution < 1.29 is 14.7 Å². The summed E-state index contributed by atoms with van der Waals surface area (Å²) < 4.78 is 0. The number of aryl methyl sites for hydroxylation is 1. The van der Waals surface area contributed by atoms with E-state index in [1.807, 2.05) is 12.1 Å². The van der Waals surface area contributed by atoms with E-state index >= 15 is 0 Å². The minimum absolute atomic E-state index is 0.0769. The molecule has 0 aliphatic heterocycles. The standard InChI is InChI=1S/C20H23NO3/c1-14-6-4-5-7-18(14)15(2)12-19(22)21(3)13-16-8-10-17(11-9-16)20(23)24/h4-11,15H,12-13H2,1-3H3,(H,23,24). The minimum Gasteiger partial charge on any atom is -0.478 e. The van der Waals surface area contributed by atoms with Crippen molar-refractivity contribution in [3.8, 4) is 0 Å². The van der Waals surface area contributed by atoms with E-state index in [0.717, 1.165) is 5.56 Å². The molecule has 2 aromatic carbocycles. The highest BCUT2D eigenvalue weighted by molar-refractivity contribution is 5.87. The lowest BCUT2D eigenvalue weighted by molar-refractivity contribution is -0.130. The van der Waals surface area contributed by atoms with E-state index in [1.54, 1.807) is 36.2 Å². The van der Waals surface area contributed by atoms with Gasteiger partial charge in [-0.25, -0.2) is 4.79 Å². The number of hydrogen-bond donors (Lipinski definition) is 1. The van der Waals surface area contributed by atoms with E-state index in [4.69, 9.17) is 5.11 Å². The Balaban J connectivity index is 1.97. The van der Waals surface area contributed by atoms with Gasteiger partial charge in [0, 0.05) is 20.0 Å². The molecule has 0 saturated carbocycles. The van der Waals surface area contributed by atoms with Crippen molar-refractivity contribution in [3.05, 3.63) is 70.8 Å². The molecular formula is C20H23NO3. The summed E-state index contributed by atoms with van der Waals surface area (Å²) in [6.07, 6.45) is 0.453. The number of carbonyl (C=O) groups excluding carboxylic acids is 1. The molecule has 24 heavy (non-hydrogen) atoms. The zero-order valence-electron chi connectivity index (χ0n) is 14.3. The van der Waals surface area contributed by atoms with Crippen LogP contribution >= 0.6 is 0 Å². The topological polar surface area (TPSA) is 57.6 Å². The van der Waals surface area contributed by atoms with Gasteiger partial charge in [-0.2, -0.15) is 0 Å². The molecule has 0 spiro atoms. The van der Waals surface area contributed by atoms with Crippen molar-refractivity contribution in [2.24, 2.45) is 0 Å². The molecule has 0 aliphatic carbocycles. The molecule has 1 unspecified atom stereocenters. The molecule has 2 aromatic rings. The van der Waals surface area contributed by atoms with E-state index in [1.165, 1.54) is 11.1 Å². The van der Waals surface area contributed by atoms with Gasteiger partial charge in [-0.1, -0.05) is 43.3 Å². The summed E-state index contributed by atoms with van der Waals surface area (Å²) >= 11 is 0. The second kappa shape index (κ2) is 7.77. The molecule has 4 heteroatoms. The predicted molar refractivity (Wildman–Crippen MR) is 94.1 cm³/mol. The monoisotopic (exact) mass is 325 g/mol. The molecule has 126 valence electrons. The maximum absolute atomic E-state index is 12.4. The Hall–Kier alpha value is -2.62. The number of benzene rings is 2. The molecule has 2 rings (SSSR count). The third kappa shape index (κ3) is 4.44. The van der Waals surface area contributed by atoms with Gasteiger partial charge < -0.3 is 10.0 Å². The van der Waals surface area contributed by atoms with Crippen molar-refractivity contribution >= 4 is 11.9 Å². The Bertz CT molecular complexity index is 722. The van der Waals surface area contributed by atoms with Gasteiger partial charge in [-0.05, 0) is 41.7 Å². The minimum atomic E-state index is -0.946. The van der Waals surface area contributed by atoms with E-state index in [2.05, 4.69) is 26.0 Å². The van der Waals surface area contributed by atoms with Crippen molar-refractivity contribution in [2.45, 2.75) is 32.7 Å². The number of nitrogens with zero attached hydrogens (tertiary/aromatic N) is 1. The highest BCUT2D eigenvalue weighted by Crippen LogP contribution is 2.23. The van der Waals surface area contributed by atoms with Gasteiger partial charge in [0.1, 0.15) is 0 Å². The molecule has 0 heterocycles. The summed E-state index contributed by atoms with van der Waals surface area (Å²) in [5, 5.41) is 8.91. The van der Waals surface area contributed by atoms with Gasteiger partial charge in [0.15, 0.2) is 0 Å². The first-order valence-corrected chi connectivity index (χ1v) is 8.00. The molecule has 0 bridgehead atoms. The SMILES string of the molecule is Cc1ccccc1C(C)CC(=O)N(C)Cc1ccc(C(=O)O)cc1. The van der Waals surface area contributed by atoms with E-state index in [-0.39, 0.29) is 17.4 Å². The van der Waals surface area contributed by atoms with Crippen LogP contribution in [0.3, 0.4) is 0 Å². The van der Waals surface area contributed by atoms with Crippen molar-refractivity contribution in [1.82, 2.24) is 4.90 Å². The lowest BCUT2D eigenvalue weighted by Crippen LogP contribution is -2.27. The second-order valence-corrected chi connectivity index (χ2v) is 6.21. The van der Waals surface area contributed by atoms with Crippen LogP contribution in [-0.2, 0) is 11.3 Å². The maximum atomic E-state index is 12.4. The zero-order valence-corrected chi connectivity index (χ0v) is 14.3. The van der Waals surface area contributed by atoms with Crippen LogP contribution in [0.1, 0.15) is 46.3 Å². The fourth-order valence-corrected chi connectivity index (χ4v) is 2.78. The van der Waals surface area contributed by atoms with Crippen LogP contribution in [0.2, 0.25) is 0 Å². The number of rotatable bonds is 6. The predicted octanol–water partition coefficient (Wildman–Crippen LogP) is 3.85. The zero-order chi connectivity index (χ0) is 17.7. The largest absolute Gasteiger partial charge is 0.478 e. The number of carboxylic acids is 1. The molecule has 0 aromatic heterocycles. The molecule has 1 amide bonds. The lowest BCUT2D eigenvalue weighted by atomic mass is 9.93. The molecule has 1 N–H and O–H groups in total. The van der Waals surface area contributed by atoms with Crippen molar-refractivity contribution in [3.63, 3.8) is 0 Å². The first-order valence-electron chi connectivity index (χ1n) is 8.00. The molecule has 0 radical (unpaired) electrons. The third-order valence-electron chi connectivity index (χ3n) is 4.25. The average Bonchev–Trinajstić information content (AvgIpc) is 2.55. The van der Waals surface area contributed by atoms with Gasteiger partial charge in [0.25, 0.3) is 0 Å². The fraction of sp³-hybridized carbons (Fsp3) is 0.300. The highest BCUT2D eigenvalue weighted by atomic mass is 16.4. The van der Waals surface area contributed by atoms with Crippen molar-refractivity contribution in [2.75, 3.05) is 7.05 Å².